The van der Waals surface area contributed by atoms with Gasteiger partial charge in [-0.1, -0.05) is 0 Å². The van der Waals surface area contributed by atoms with E-state index in [1.165, 1.54) is 48.6 Å². The molecule has 1 aromatic carbocycles. The van der Waals surface area contributed by atoms with Gasteiger partial charge in [-0.15, -0.1) is 11.3 Å². The van der Waals surface area contributed by atoms with Gasteiger partial charge in [0.25, 0.3) is 5.56 Å². The monoisotopic (exact) mass is 574 g/mol. The molecule has 11 nitrogen and oxygen atoms in total. The van der Waals surface area contributed by atoms with Crippen LogP contribution in [0.4, 0.5) is 4.39 Å². The number of hydrogen-bond donors (Lipinski definition) is 1. The van der Waals surface area contributed by atoms with Crippen molar-refractivity contribution in [1.29, 1.82) is 5.26 Å². The lowest BCUT2D eigenvalue weighted by molar-refractivity contribution is -0.134. The summed E-state index contributed by atoms with van der Waals surface area (Å²) < 4.78 is 27.6. The SMILES string of the molecule is COc1ccc(F)cc1C(Cn1c(=O)n(C(C)C(=O)N(C)C(C)C)c(=O)c2c(C)c(C(=O)O)sc21)OCCC#N. The number of ether oxygens (including phenoxy) is 2. The lowest BCUT2D eigenvalue weighted by Gasteiger charge is -2.27. The lowest BCUT2D eigenvalue weighted by atomic mass is 10.1. The largest absolute Gasteiger partial charge is 0.496 e. The van der Waals surface area contributed by atoms with Gasteiger partial charge in [0.15, 0.2) is 0 Å². The molecule has 0 aliphatic heterocycles. The van der Waals surface area contributed by atoms with Crippen molar-refractivity contribution in [3.8, 4) is 11.8 Å². The Kier molecular flexibility index (Phi) is 9.49. The predicted molar refractivity (Wildman–Crippen MR) is 147 cm³/mol. The first-order valence-electron chi connectivity index (χ1n) is 12.5. The molecule has 0 saturated carbocycles. The standard InChI is InChI=1S/C27H31FN4O7S/c1-14(2)30(5)23(33)16(4)32-24(34)21-15(3)22(26(35)36)40-25(21)31(27(32)37)13-20(39-11-7-10-29)18-12-17(28)8-9-19(18)38-6/h8-9,12,14,16,20H,7,11,13H2,1-6H3,(H,35,36). The number of benzene rings is 1. The van der Waals surface area contributed by atoms with E-state index in [2.05, 4.69) is 0 Å². The molecule has 3 aromatic rings. The van der Waals surface area contributed by atoms with Gasteiger partial charge in [-0.25, -0.2) is 18.5 Å². The molecule has 0 aliphatic carbocycles. The Morgan fingerprint density at radius 2 is 1.93 bits per heavy atom. The summed E-state index contributed by atoms with van der Waals surface area (Å²) >= 11 is 0.747. The van der Waals surface area contributed by atoms with E-state index in [0.717, 1.165) is 15.9 Å². The summed E-state index contributed by atoms with van der Waals surface area (Å²) in [5, 5.41) is 18.8. The number of hydrogen-bond acceptors (Lipinski definition) is 8. The van der Waals surface area contributed by atoms with Crippen molar-refractivity contribution < 1.29 is 28.6 Å². The van der Waals surface area contributed by atoms with Crippen molar-refractivity contribution in [2.24, 2.45) is 0 Å². The highest BCUT2D eigenvalue weighted by Gasteiger charge is 2.30. The Labute approximate surface area is 233 Å². The van der Waals surface area contributed by atoms with Crippen molar-refractivity contribution in [3.63, 3.8) is 0 Å². The number of aryl methyl sites for hydroxylation is 1. The Morgan fingerprint density at radius 1 is 1.25 bits per heavy atom. The minimum Gasteiger partial charge on any atom is -0.496 e. The van der Waals surface area contributed by atoms with E-state index in [0.29, 0.717) is 0 Å². The quantitative estimate of drug-likeness (QED) is 0.343. The Morgan fingerprint density at radius 3 is 2.50 bits per heavy atom. The molecule has 13 heteroatoms. The molecule has 2 atom stereocenters. The fraction of sp³-hybridized carbons (Fsp3) is 0.444. The van der Waals surface area contributed by atoms with Crippen LogP contribution >= 0.6 is 11.3 Å². The second-order valence-corrected chi connectivity index (χ2v) is 10.5. The molecule has 1 N–H and O–H groups in total. The van der Waals surface area contributed by atoms with Gasteiger partial charge in [-0.05, 0) is 51.5 Å². The van der Waals surface area contributed by atoms with Crippen molar-refractivity contribution in [2.45, 2.75) is 58.8 Å². The lowest BCUT2D eigenvalue weighted by Crippen LogP contribution is -2.47. The number of nitriles is 1. The number of carbonyl (C=O) groups is 2. The van der Waals surface area contributed by atoms with E-state index in [4.69, 9.17) is 14.7 Å². The molecule has 0 saturated heterocycles. The number of methoxy groups -OCH3 is 1. The van der Waals surface area contributed by atoms with E-state index in [1.54, 1.807) is 20.9 Å². The van der Waals surface area contributed by atoms with Gasteiger partial charge in [0, 0.05) is 18.7 Å². The second kappa shape index (κ2) is 12.4. The predicted octanol–water partition coefficient (Wildman–Crippen LogP) is 3.48. The number of carboxylic acid groups (broad SMARTS) is 1. The average Bonchev–Trinajstić information content (AvgIpc) is 3.26. The number of likely N-dealkylation sites (N-methyl/N-ethyl adjacent to an activating group) is 1. The van der Waals surface area contributed by atoms with Gasteiger partial charge < -0.3 is 19.5 Å². The van der Waals surface area contributed by atoms with Crippen LogP contribution in [0.5, 0.6) is 5.75 Å². The summed E-state index contributed by atoms with van der Waals surface area (Å²) in [6, 6.07) is 4.30. The van der Waals surface area contributed by atoms with Crippen LogP contribution in [0.25, 0.3) is 10.2 Å². The first-order chi connectivity index (χ1) is 18.8. The summed E-state index contributed by atoms with van der Waals surface area (Å²) in [6.07, 6.45) is -1.03. The number of carboxylic acids is 1. The van der Waals surface area contributed by atoms with Crippen LogP contribution in [0, 0.1) is 24.1 Å². The molecule has 2 heterocycles. The highest BCUT2D eigenvalue weighted by molar-refractivity contribution is 7.20. The van der Waals surface area contributed by atoms with Gasteiger partial charge in [-0.3, -0.25) is 14.2 Å². The number of carbonyl (C=O) groups excluding carboxylic acids is 1. The topological polar surface area (TPSA) is 144 Å². The molecule has 2 aromatic heterocycles. The number of amides is 1. The van der Waals surface area contributed by atoms with E-state index >= 15 is 0 Å². The zero-order chi connectivity index (χ0) is 29.9. The summed E-state index contributed by atoms with van der Waals surface area (Å²) in [4.78, 5) is 54.1. The molecule has 1 amide bonds. The highest BCUT2D eigenvalue weighted by atomic mass is 32.1. The number of halogens is 1. The third-order valence-electron chi connectivity index (χ3n) is 6.72. The smallest absolute Gasteiger partial charge is 0.346 e. The molecule has 3 rings (SSSR count). The fourth-order valence-electron chi connectivity index (χ4n) is 4.34. The van der Waals surface area contributed by atoms with Crippen LogP contribution in [-0.4, -0.2) is 57.8 Å². The summed E-state index contributed by atoms with van der Waals surface area (Å²) in [5.41, 5.74) is -1.26. The molecule has 0 bridgehead atoms. The summed E-state index contributed by atoms with van der Waals surface area (Å²) in [6.45, 7) is 6.11. The van der Waals surface area contributed by atoms with Gasteiger partial charge in [0.2, 0.25) is 5.91 Å². The average molecular weight is 575 g/mol. The third-order valence-corrected chi connectivity index (χ3v) is 8.03. The van der Waals surface area contributed by atoms with E-state index < -0.39 is 41.1 Å². The summed E-state index contributed by atoms with van der Waals surface area (Å²) in [5.74, 6) is -2.10. The Bertz CT molecular complexity index is 1600. The maximum atomic E-state index is 14.3. The minimum atomic E-state index is -1.28. The second-order valence-electron chi connectivity index (χ2n) is 9.48. The number of fused-ring (bicyclic) bond motifs is 1. The van der Waals surface area contributed by atoms with E-state index in [-0.39, 0.29) is 57.6 Å². The normalized spacial score (nSPS) is 12.8. The molecule has 0 radical (unpaired) electrons. The van der Waals surface area contributed by atoms with Gasteiger partial charge >= 0.3 is 11.7 Å². The number of aromatic carboxylic acids is 1. The Balaban J connectivity index is 2.34. The number of nitrogens with zero attached hydrogens (tertiary/aromatic N) is 4. The summed E-state index contributed by atoms with van der Waals surface area (Å²) in [7, 11) is 2.94. The van der Waals surface area contributed by atoms with Crippen LogP contribution in [0.3, 0.4) is 0 Å². The number of thiophene rings is 1. The zero-order valence-electron chi connectivity index (χ0n) is 23.1. The molecule has 0 fully saturated rings. The van der Waals surface area contributed by atoms with E-state index in [9.17, 15) is 28.7 Å². The first-order valence-corrected chi connectivity index (χ1v) is 13.3. The molecule has 2 unspecified atom stereocenters. The highest BCUT2D eigenvalue weighted by Crippen LogP contribution is 2.33. The number of aromatic nitrogens is 2. The van der Waals surface area contributed by atoms with Crippen molar-refractivity contribution >= 4 is 33.4 Å². The van der Waals surface area contributed by atoms with Gasteiger partial charge in [-0.2, -0.15) is 5.26 Å². The maximum absolute atomic E-state index is 14.3. The molecule has 214 valence electrons. The van der Waals surface area contributed by atoms with Crippen molar-refractivity contribution in [3.05, 3.63) is 60.9 Å². The molecular formula is C27H31FN4O7S. The minimum absolute atomic E-state index is 0.00623. The molecule has 0 spiro atoms. The van der Waals surface area contributed by atoms with Crippen LogP contribution in [0.2, 0.25) is 0 Å². The fourth-order valence-corrected chi connectivity index (χ4v) is 5.48. The van der Waals surface area contributed by atoms with Crippen LogP contribution < -0.4 is 16.0 Å². The Hall–Kier alpha value is -4.02. The molecule has 0 aliphatic rings. The van der Waals surface area contributed by atoms with Gasteiger partial charge in [0.05, 0.1) is 38.1 Å². The maximum Gasteiger partial charge on any atom is 0.346 e. The molecule has 40 heavy (non-hydrogen) atoms. The third kappa shape index (κ3) is 5.78. The van der Waals surface area contributed by atoms with Crippen molar-refractivity contribution in [1.82, 2.24) is 14.0 Å². The molecular weight excluding hydrogens is 543 g/mol. The van der Waals surface area contributed by atoms with Crippen molar-refractivity contribution in [2.75, 3.05) is 20.8 Å². The van der Waals surface area contributed by atoms with Gasteiger partial charge in [0.1, 0.15) is 33.4 Å². The van der Waals surface area contributed by atoms with E-state index in [1.807, 2.05) is 6.07 Å². The van der Waals surface area contributed by atoms with Crippen LogP contribution in [0.1, 0.15) is 60.1 Å². The van der Waals surface area contributed by atoms with Crippen LogP contribution in [0.15, 0.2) is 27.8 Å². The first kappa shape index (κ1) is 30.5. The number of rotatable bonds is 11. The zero-order valence-corrected chi connectivity index (χ0v) is 23.9. The van der Waals surface area contributed by atoms with Crippen LogP contribution in [-0.2, 0) is 16.1 Å².